The third kappa shape index (κ3) is 19.2. The molecule has 0 aliphatic carbocycles. The summed E-state index contributed by atoms with van der Waals surface area (Å²) in [5.74, 6) is 0. The van der Waals surface area contributed by atoms with Gasteiger partial charge in [0.15, 0.2) is 0 Å². The monoisotopic (exact) mass is 347 g/mol. The van der Waals surface area contributed by atoms with Gasteiger partial charge in [-0.05, 0) is 0 Å². The predicted molar refractivity (Wildman–Crippen MR) is 71.5 cm³/mol. The van der Waals surface area contributed by atoms with Crippen molar-refractivity contribution in [3.05, 3.63) is 0 Å². The van der Waals surface area contributed by atoms with Gasteiger partial charge < -0.3 is 24.8 Å². The van der Waals surface area contributed by atoms with Crippen molar-refractivity contribution < 1.29 is 47.9 Å². The van der Waals surface area contributed by atoms with Gasteiger partial charge in [0, 0.05) is 0 Å². The van der Waals surface area contributed by atoms with Gasteiger partial charge in [0.25, 0.3) is 0 Å². The predicted octanol–water partition coefficient (Wildman–Crippen LogP) is -1.59. The second kappa shape index (κ2) is 21.5. The van der Waals surface area contributed by atoms with Gasteiger partial charge in [0.05, 0.1) is 0 Å². The molecule has 0 spiro atoms. The van der Waals surface area contributed by atoms with E-state index in [1.807, 2.05) is 0 Å². The zero-order valence-corrected chi connectivity index (χ0v) is 16.0. The largest absolute Gasteiger partial charge is 1.00 e. The number of nitrogens with zero attached hydrogens (tertiary/aromatic N) is 1. The first-order valence-electron chi connectivity index (χ1n) is 7.47. The van der Waals surface area contributed by atoms with Crippen molar-refractivity contribution in [1.29, 1.82) is 0 Å². The summed E-state index contributed by atoms with van der Waals surface area (Å²) in [5, 5.41) is 0. The Kier molecular flexibility index (Phi) is 28.5. The second-order valence-electron chi connectivity index (χ2n) is 4.63. The van der Waals surface area contributed by atoms with Crippen LogP contribution in [0.25, 0.3) is 0 Å². The van der Waals surface area contributed by atoms with Gasteiger partial charge in [0.1, 0.15) is 0 Å². The first kappa shape index (κ1) is 25.2. The summed E-state index contributed by atoms with van der Waals surface area (Å²) < 4.78 is 8.27. The Balaban J connectivity index is -0.00000128. The minimum absolute atomic E-state index is 0. The standard InChI is InChI=1S/C12H26N.C2H5O.2ClH.Ti/c1-3-5-7-9-11-13-12-10-8-6-4-2;1-2-3;;;/h3-12H2,1-2H3;2H2,1H3;2*1H;/q2*-1;;;+4/p-2. The Morgan fingerprint density at radius 2 is 1.21 bits per heavy atom. The molecule has 0 bridgehead atoms. The van der Waals surface area contributed by atoms with E-state index < -0.39 is 0 Å². The van der Waals surface area contributed by atoms with Crippen LogP contribution in [0, 0.1) is 0 Å². The van der Waals surface area contributed by atoms with Crippen molar-refractivity contribution in [3.8, 4) is 0 Å². The maximum atomic E-state index is 5.66. The average molecular weight is 348 g/mol. The van der Waals surface area contributed by atoms with Gasteiger partial charge in [-0.3, -0.25) is 0 Å². The molecule has 0 N–H and O–H groups in total. The molecular weight excluding hydrogens is 317 g/mol. The van der Waals surface area contributed by atoms with E-state index in [4.69, 9.17) is 3.32 Å². The molecule has 0 heterocycles. The van der Waals surface area contributed by atoms with Crippen molar-refractivity contribution >= 4 is 0 Å². The molecule has 0 saturated heterocycles. The van der Waals surface area contributed by atoms with Gasteiger partial charge in [0.2, 0.25) is 0 Å². The van der Waals surface area contributed by atoms with E-state index in [1.54, 1.807) is 0 Å². The fraction of sp³-hybridized carbons (Fsp3) is 1.00. The zero-order chi connectivity index (χ0) is 12.8. The van der Waals surface area contributed by atoms with E-state index in [2.05, 4.69) is 24.2 Å². The Morgan fingerprint density at radius 3 is 1.58 bits per heavy atom. The van der Waals surface area contributed by atoms with Crippen LogP contribution in [-0.2, 0) is 23.1 Å². The smallest absolute Gasteiger partial charge is 1.00 e. The van der Waals surface area contributed by atoms with Gasteiger partial charge in [-0.1, -0.05) is 0 Å². The quantitative estimate of drug-likeness (QED) is 0.294. The Hall–Kier alpha value is 1.21. The summed E-state index contributed by atoms with van der Waals surface area (Å²) in [6.07, 6.45) is 10.9. The van der Waals surface area contributed by atoms with E-state index in [9.17, 15) is 0 Å². The normalized spacial score (nSPS) is 9.68. The number of unbranched alkanes of at least 4 members (excludes halogenated alkanes) is 6. The molecule has 0 radical (unpaired) electrons. The van der Waals surface area contributed by atoms with Gasteiger partial charge in [-0.2, -0.15) is 0 Å². The van der Waals surface area contributed by atoms with Crippen LogP contribution in [0.4, 0.5) is 0 Å². The molecule has 0 amide bonds. The first-order chi connectivity index (χ1) is 8.35. The molecule has 0 aliphatic rings. The van der Waals surface area contributed by atoms with E-state index in [1.165, 1.54) is 64.5 Å². The maximum absolute atomic E-state index is 5.66. The topological polar surface area (TPSA) is 12.5 Å². The summed E-state index contributed by atoms with van der Waals surface area (Å²) in [7, 11) is 0. The zero-order valence-electron chi connectivity index (χ0n) is 12.9. The number of hydrogen-bond donors (Lipinski definition) is 0. The van der Waals surface area contributed by atoms with E-state index in [-0.39, 0.29) is 44.6 Å². The van der Waals surface area contributed by atoms with Crippen LogP contribution >= 0.6 is 0 Å². The number of hydrogen-bond acceptors (Lipinski definition) is 2. The average Bonchev–Trinajstić information content (AvgIpc) is 2.35. The van der Waals surface area contributed by atoms with E-state index in [0.717, 1.165) is 6.61 Å². The molecule has 0 atom stereocenters. The summed E-state index contributed by atoms with van der Waals surface area (Å²) in [6, 6.07) is 0. The molecule has 0 fully saturated rings. The molecule has 0 aromatic rings. The van der Waals surface area contributed by atoms with Crippen LogP contribution in [0.15, 0.2) is 0 Å². The van der Waals surface area contributed by atoms with Gasteiger partial charge in [-0.25, -0.2) is 0 Å². The Bertz CT molecular complexity index is 141. The molecule has 0 saturated carbocycles. The first-order valence-corrected chi connectivity index (χ1v) is 8.81. The number of halogens is 2. The van der Waals surface area contributed by atoms with Crippen molar-refractivity contribution in [2.24, 2.45) is 0 Å². The molecule has 0 rings (SSSR count). The van der Waals surface area contributed by atoms with Crippen LogP contribution in [-0.4, -0.2) is 23.1 Å². The molecule has 0 aliphatic heterocycles. The summed E-state index contributed by atoms with van der Waals surface area (Å²) in [5.41, 5.74) is 0. The minimum Gasteiger partial charge on any atom is -1.00 e. The van der Waals surface area contributed by atoms with Crippen molar-refractivity contribution in [2.75, 3.05) is 19.7 Å². The van der Waals surface area contributed by atoms with E-state index >= 15 is 0 Å². The fourth-order valence-corrected chi connectivity index (χ4v) is 3.08. The molecule has 5 heteroatoms. The molecule has 116 valence electrons. The molecular formula is C14H31Cl2NOTi. The van der Waals surface area contributed by atoms with E-state index in [0.29, 0.717) is 0 Å². The van der Waals surface area contributed by atoms with Gasteiger partial charge >= 0.3 is 118 Å². The SMILES string of the molecule is CCCCCC[N](CCCCCC)[Ti+2][O]CC.[Cl-].[Cl-]. The van der Waals surface area contributed by atoms with Crippen LogP contribution in [0.2, 0.25) is 0 Å². The molecule has 19 heavy (non-hydrogen) atoms. The van der Waals surface area contributed by atoms with Crippen LogP contribution < -0.4 is 24.8 Å². The van der Waals surface area contributed by atoms with Crippen molar-refractivity contribution in [2.45, 2.75) is 72.1 Å². The van der Waals surface area contributed by atoms with Crippen LogP contribution in [0.5, 0.6) is 0 Å². The molecule has 0 aromatic carbocycles. The third-order valence-corrected chi connectivity index (χ3v) is 4.66. The summed E-state index contributed by atoms with van der Waals surface area (Å²) in [6.45, 7) is 10.1. The summed E-state index contributed by atoms with van der Waals surface area (Å²) in [4.78, 5) is 0. The van der Waals surface area contributed by atoms with Crippen molar-refractivity contribution in [3.63, 3.8) is 0 Å². The Morgan fingerprint density at radius 1 is 0.737 bits per heavy atom. The maximum Gasteiger partial charge on any atom is -1.00 e. The molecule has 0 unspecified atom stereocenters. The summed E-state index contributed by atoms with van der Waals surface area (Å²) >= 11 is -0.286. The minimum atomic E-state index is -0.286. The van der Waals surface area contributed by atoms with Crippen LogP contribution in [0.3, 0.4) is 0 Å². The Labute approximate surface area is 143 Å². The second-order valence-corrected chi connectivity index (χ2v) is 6.36. The third-order valence-electron chi connectivity index (χ3n) is 2.90. The fourth-order valence-electron chi connectivity index (χ4n) is 1.82. The van der Waals surface area contributed by atoms with Crippen molar-refractivity contribution in [1.82, 2.24) is 3.38 Å². The van der Waals surface area contributed by atoms with Gasteiger partial charge in [-0.15, -0.1) is 0 Å². The molecule has 2 nitrogen and oxygen atoms in total. The van der Waals surface area contributed by atoms with Crippen LogP contribution in [0.1, 0.15) is 72.1 Å². The number of rotatable bonds is 13. The molecule has 0 aromatic heterocycles.